The standard InChI is InChI=1S/C13H8IN5O2/c14-10-3-7-11(8-4-10)18-13(15-16-17-18)9-1-5-12(6-2-9)19(20)21/h1-8H. The maximum Gasteiger partial charge on any atom is 0.269 e. The van der Waals surface area contributed by atoms with E-state index in [1.807, 2.05) is 24.3 Å². The van der Waals surface area contributed by atoms with Crippen LogP contribution in [0.2, 0.25) is 0 Å². The molecule has 0 spiro atoms. The van der Waals surface area contributed by atoms with Gasteiger partial charge in [-0.15, -0.1) is 5.10 Å². The van der Waals surface area contributed by atoms with Crippen LogP contribution in [-0.4, -0.2) is 25.1 Å². The molecule has 0 aliphatic heterocycles. The van der Waals surface area contributed by atoms with Gasteiger partial charge in [0.05, 0.1) is 10.6 Å². The van der Waals surface area contributed by atoms with Crippen molar-refractivity contribution in [3.63, 3.8) is 0 Å². The second kappa shape index (κ2) is 5.56. The average Bonchev–Trinajstić information content (AvgIpc) is 2.97. The highest BCUT2D eigenvalue weighted by atomic mass is 127. The van der Waals surface area contributed by atoms with Crippen LogP contribution in [0.1, 0.15) is 0 Å². The highest BCUT2D eigenvalue weighted by molar-refractivity contribution is 14.1. The first kappa shape index (κ1) is 13.6. The molecule has 3 aromatic rings. The van der Waals surface area contributed by atoms with E-state index in [-0.39, 0.29) is 5.69 Å². The molecule has 0 amide bonds. The Morgan fingerprint density at radius 2 is 1.71 bits per heavy atom. The molecule has 0 N–H and O–H groups in total. The summed E-state index contributed by atoms with van der Waals surface area (Å²) in [5.41, 5.74) is 1.57. The van der Waals surface area contributed by atoms with E-state index in [9.17, 15) is 10.1 Å². The number of benzene rings is 2. The second-order valence-electron chi connectivity index (χ2n) is 4.19. The van der Waals surface area contributed by atoms with Gasteiger partial charge in [-0.3, -0.25) is 10.1 Å². The van der Waals surface area contributed by atoms with Crippen molar-refractivity contribution < 1.29 is 4.92 Å². The number of aromatic nitrogens is 4. The maximum absolute atomic E-state index is 10.7. The number of nitro groups is 1. The number of halogens is 1. The summed E-state index contributed by atoms with van der Waals surface area (Å²) in [6.45, 7) is 0. The zero-order valence-electron chi connectivity index (χ0n) is 10.5. The Morgan fingerprint density at radius 3 is 2.33 bits per heavy atom. The van der Waals surface area contributed by atoms with Gasteiger partial charge in [0.15, 0.2) is 5.82 Å². The van der Waals surface area contributed by atoms with Crippen LogP contribution >= 0.6 is 22.6 Å². The van der Waals surface area contributed by atoms with Gasteiger partial charge < -0.3 is 0 Å². The van der Waals surface area contributed by atoms with Gasteiger partial charge in [-0.2, -0.15) is 4.68 Å². The molecule has 7 nitrogen and oxygen atoms in total. The van der Waals surface area contributed by atoms with Crippen molar-refractivity contribution >= 4 is 28.3 Å². The minimum absolute atomic E-state index is 0.0343. The van der Waals surface area contributed by atoms with Gasteiger partial charge in [-0.1, -0.05) is 0 Å². The molecule has 0 unspecified atom stereocenters. The van der Waals surface area contributed by atoms with Crippen molar-refractivity contribution in [3.8, 4) is 17.1 Å². The Kier molecular flexibility index (Phi) is 3.60. The molecule has 1 aromatic heterocycles. The molecule has 3 rings (SSSR count). The lowest BCUT2D eigenvalue weighted by molar-refractivity contribution is -0.384. The summed E-state index contributed by atoms with van der Waals surface area (Å²) >= 11 is 2.22. The van der Waals surface area contributed by atoms with Crippen molar-refractivity contribution in [2.24, 2.45) is 0 Å². The Bertz CT molecular complexity index is 783. The van der Waals surface area contributed by atoms with E-state index in [4.69, 9.17) is 0 Å². The highest BCUT2D eigenvalue weighted by Crippen LogP contribution is 2.22. The third-order valence-corrected chi connectivity index (χ3v) is 3.60. The molecular weight excluding hydrogens is 385 g/mol. The first-order valence-corrected chi connectivity index (χ1v) is 7.02. The molecule has 0 saturated carbocycles. The van der Waals surface area contributed by atoms with E-state index >= 15 is 0 Å². The van der Waals surface area contributed by atoms with Crippen LogP contribution < -0.4 is 0 Å². The number of nitrogens with zero attached hydrogens (tertiary/aromatic N) is 5. The molecule has 0 bridgehead atoms. The summed E-state index contributed by atoms with van der Waals surface area (Å²) in [5, 5.41) is 22.3. The minimum atomic E-state index is -0.439. The third-order valence-electron chi connectivity index (χ3n) is 2.88. The van der Waals surface area contributed by atoms with E-state index in [0.717, 1.165) is 9.26 Å². The van der Waals surface area contributed by atoms with Gasteiger partial charge in [0.25, 0.3) is 5.69 Å². The molecule has 0 aliphatic carbocycles. The summed E-state index contributed by atoms with van der Waals surface area (Å²) in [5.74, 6) is 0.533. The van der Waals surface area contributed by atoms with Crippen molar-refractivity contribution in [1.29, 1.82) is 0 Å². The maximum atomic E-state index is 10.7. The quantitative estimate of drug-likeness (QED) is 0.388. The van der Waals surface area contributed by atoms with Gasteiger partial charge in [0, 0.05) is 21.3 Å². The Balaban J connectivity index is 2.02. The zero-order chi connectivity index (χ0) is 14.8. The van der Waals surface area contributed by atoms with Gasteiger partial charge in [0.2, 0.25) is 0 Å². The Labute approximate surface area is 132 Å². The van der Waals surface area contributed by atoms with Crippen LogP contribution in [0.4, 0.5) is 5.69 Å². The summed E-state index contributed by atoms with van der Waals surface area (Å²) in [6.07, 6.45) is 0. The number of rotatable bonds is 3. The summed E-state index contributed by atoms with van der Waals surface area (Å²) in [6, 6.07) is 13.9. The van der Waals surface area contributed by atoms with Crippen LogP contribution in [0.15, 0.2) is 48.5 Å². The van der Waals surface area contributed by atoms with Crippen LogP contribution in [0, 0.1) is 13.7 Å². The molecule has 0 fully saturated rings. The van der Waals surface area contributed by atoms with Crippen molar-refractivity contribution in [3.05, 3.63) is 62.2 Å². The molecule has 104 valence electrons. The van der Waals surface area contributed by atoms with Gasteiger partial charge in [-0.25, -0.2) is 0 Å². The lowest BCUT2D eigenvalue weighted by Gasteiger charge is -2.04. The number of tetrazole rings is 1. The largest absolute Gasteiger partial charge is 0.269 e. The zero-order valence-corrected chi connectivity index (χ0v) is 12.7. The molecule has 0 saturated heterocycles. The van der Waals surface area contributed by atoms with Crippen LogP contribution in [0.5, 0.6) is 0 Å². The number of hydrogen-bond acceptors (Lipinski definition) is 5. The first-order chi connectivity index (χ1) is 10.1. The van der Waals surface area contributed by atoms with Crippen molar-refractivity contribution in [2.75, 3.05) is 0 Å². The molecule has 0 aliphatic rings. The first-order valence-electron chi connectivity index (χ1n) is 5.94. The molecule has 0 radical (unpaired) electrons. The topological polar surface area (TPSA) is 86.7 Å². The van der Waals surface area contributed by atoms with Crippen LogP contribution in [-0.2, 0) is 0 Å². The van der Waals surface area contributed by atoms with Crippen molar-refractivity contribution in [2.45, 2.75) is 0 Å². The lowest BCUT2D eigenvalue weighted by Crippen LogP contribution is -1.99. The molecule has 2 aromatic carbocycles. The van der Waals surface area contributed by atoms with E-state index in [1.165, 1.54) is 12.1 Å². The van der Waals surface area contributed by atoms with Crippen LogP contribution in [0.3, 0.4) is 0 Å². The number of nitro benzene ring substituents is 1. The highest BCUT2D eigenvalue weighted by Gasteiger charge is 2.12. The van der Waals surface area contributed by atoms with E-state index in [1.54, 1.807) is 16.8 Å². The summed E-state index contributed by atoms with van der Waals surface area (Å²) < 4.78 is 2.71. The Morgan fingerprint density at radius 1 is 1.05 bits per heavy atom. The monoisotopic (exact) mass is 393 g/mol. The Hall–Kier alpha value is -2.36. The molecule has 8 heteroatoms. The summed E-state index contributed by atoms with van der Waals surface area (Å²) in [7, 11) is 0. The smallest absolute Gasteiger partial charge is 0.258 e. The molecule has 0 atom stereocenters. The van der Waals surface area contributed by atoms with E-state index in [0.29, 0.717) is 11.4 Å². The minimum Gasteiger partial charge on any atom is -0.258 e. The molecule has 21 heavy (non-hydrogen) atoms. The van der Waals surface area contributed by atoms with Gasteiger partial charge in [-0.05, 0) is 69.4 Å². The summed E-state index contributed by atoms with van der Waals surface area (Å²) in [4.78, 5) is 10.2. The predicted molar refractivity (Wildman–Crippen MR) is 84.0 cm³/mol. The van der Waals surface area contributed by atoms with E-state index < -0.39 is 4.92 Å². The van der Waals surface area contributed by atoms with Crippen LogP contribution in [0.25, 0.3) is 17.1 Å². The fourth-order valence-corrected chi connectivity index (χ4v) is 2.22. The van der Waals surface area contributed by atoms with E-state index in [2.05, 4.69) is 38.1 Å². The molecule has 1 heterocycles. The normalized spacial score (nSPS) is 10.5. The second-order valence-corrected chi connectivity index (χ2v) is 5.44. The molecular formula is C13H8IN5O2. The van der Waals surface area contributed by atoms with Gasteiger partial charge >= 0.3 is 0 Å². The van der Waals surface area contributed by atoms with Gasteiger partial charge in [0.1, 0.15) is 0 Å². The van der Waals surface area contributed by atoms with Crippen molar-refractivity contribution in [1.82, 2.24) is 20.2 Å². The SMILES string of the molecule is O=[N+]([O-])c1ccc(-c2nnnn2-c2ccc(I)cc2)cc1. The number of non-ortho nitro benzene ring substituents is 1. The fraction of sp³-hybridized carbons (Fsp3) is 0. The average molecular weight is 393 g/mol. The third kappa shape index (κ3) is 2.75. The fourth-order valence-electron chi connectivity index (χ4n) is 1.86. The predicted octanol–water partition coefficient (Wildman–Crippen LogP) is 2.84. The lowest BCUT2D eigenvalue weighted by atomic mass is 10.2. The number of hydrogen-bond donors (Lipinski definition) is 0.